The number of rotatable bonds is 3. The SMILES string of the molecule is N#Cc1ccc(COc2ccncc2I)c(F)c1. The maximum absolute atomic E-state index is 13.6. The third-order valence-corrected chi connectivity index (χ3v) is 3.11. The number of nitriles is 1. The number of hydrogen-bond donors (Lipinski definition) is 0. The van der Waals surface area contributed by atoms with Crippen molar-refractivity contribution in [3.8, 4) is 11.8 Å². The number of aromatic nitrogens is 1. The zero-order chi connectivity index (χ0) is 13.0. The van der Waals surface area contributed by atoms with Crippen molar-refractivity contribution < 1.29 is 9.13 Å². The average Bonchev–Trinajstić information content (AvgIpc) is 2.39. The Bertz CT molecular complexity index is 610. The van der Waals surface area contributed by atoms with Crippen molar-refractivity contribution in [1.82, 2.24) is 4.98 Å². The van der Waals surface area contributed by atoms with Gasteiger partial charge in [-0.25, -0.2) is 4.39 Å². The molecular formula is C13H8FIN2O. The van der Waals surface area contributed by atoms with Gasteiger partial charge in [-0.3, -0.25) is 4.98 Å². The van der Waals surface area contributed by atoms with E-state index in [1.807, 2.05) is 6.07 Å². The van der Waals surface area contributed by atoms with Crippen LogP contribution in [0.3, 0.4) is 0 Å². The highest BCUT2D eigenvalue weighted by atomic mass is 127. The van der Waals surface area contributed by atoms with Crippen molar-refractivity contribution in [2.45, 2.75) is 6.61 Å². The molecule has 0 fully saturated rings. The summed E-state index contributed by atoms with van der Waals surface area (Å²) in [6, 6.07) is 7.94. The molecule has 0 aliphatic rings. The first-order valence-corrected chi connectivity index (χ1v) is 6.19. The van der Waals surface area contributed by atoms with Gasteiger partial charge in [0.1, 0.15) is 18.2 Å². The highest BCUT2D eigenvalue weighted by Gasteiger charge is 2.06. The third-order valence-electron chi connectivity index (χ3n) is 2.30. The Kier molecular flexibility index (Phi) is 4.10. The smallest absolute Gasteiger partial charge is 0.136 e. The first kappa shape index (κ1) is 12.8. The summed E-state index contributed by atoms with van der Waals surface area (Å²) in [4.78, 5) is 3.94. The molecular weight excluding hydrogens is 346 g/mol. The Morgan fingerprint density at radius 2 is 2.22 bits per heavy atom. The molecule has 0 atom stereocenters. The van der Waals surface area contributed by atoms with Crippen molar-refractivity contribution in [1.29, 1.82) is 5.26 Å². The molecule has 0 bridgehead atoms. The van der Waals surface area contributed by atoms with Crippen LogP contribution in [-0.4, -0.2) is 4.98 Å². The molecule has 1 aromatic heterocycles. The molecule has 2 rings (SSSR count). The minimum atomic E-state index is -0.432. The fourth-order valence-electron chi connectivity index (χ4n) is 1.37. The number of nitrogens with zero attached hydrogens (tertiary/aromatic N) is 2. The number of hydrogen-bond acceptors (Lipinski definition) is 3. The molecule has 0 N–H and O–H groups in total. The van der Waals surface area contributed by atoms with E-state index >= 15 is 0 Å². The molecule has 2 aromatic rings. The van der Waals surface area contributed by atoms with Gasteiger partial charge >= 0.3 is 0 Å². The second kappa shape index (κ2) is 5.78. The average molecular weight is 354 g/mol. The van der Waals surface area contributed by atoms with Crippen LogP contribution in [0.25, 0.3) is 0 Å². The van der Waals surface area contributed by atoms with E-state index in [0.717, 1.165) is 3.57 Å². The third kappa shape index (κ3) is 2.96. The number of halogens is 2. The monoisotopic (exact) mass is 354 g/mol. The maximum atomic E-state index is 13.6. The quantitative estimate of drug-likeness (QED) is 0.795. The summed E-state index contributed by atoms with van der Waals surface area (Å²) in [6.45, 7) is 0.123. The standard InChI is InChI=1S/C13H8FIN2O/c14-11-5-9(6-16)1-2-10(11)8-18-13-3-4-17-7-12(13)15/h1-5,7H,8H2. The molecule has 90 valence electrons. The Labute approximate surface area is 117 Å². The molecule has 18 heavy (non-hydrogen) atoms. The number of benzene rings is 1. The molecule has 0 amide bonds. The summed E-state index contributed by atoms with van der Waals surface area (Å²) >= 11 is 2.10. The number of pyridine rings is 1. The van der Waals surface area contributed by atoms with Gasteiger partial charge < -0.3 is 4.74 Å². The zero-order valence-corrected chi connectivity index (χ0v) is 11.4. The van der Waals surface area contributed by atoms with Gasteiger partial charge in [-0.1, -0.05) is 6.07 Å². The lowest BCUT2D eigenvalue weighted by Gasteiger charge is -2.08. The Balaban J connectivity index is 2.12. The van der Waals surface area contributed by atoms with Crippen molar-refractivity contribution in [3.05, 3.63) is 57.2 Å². The van der Waals surface area contributed by atoms with Crippen LogP contribution in [0.5, 0.6) is 5.75 Å². The number of ether oxygens (including phenoxy) is 1. The fraction of sp³-hybridized carbons (Fsp3) is 0.0769. The second-order valence-corrected chi connectivity index (χ2v) is 4.67. The zero-order valence-electron chi connectivity index (χ0n) is 9.23. The summed E-state index contributed by atoms with van der Waals surface area (Å²) in [5.74, 6) is 0.229. The summed E-state index contributed by atoms with van der Waals surface area (Å²) in [5, 5.41) is 8.64. The molecule has 1 heterocycles. The molecule has 0 aliphatic heterocycles. The van der Waals surface area contributed by atoms with Crippen molar-refractivity contribution >= 4 is 22.6 Å². The van der Waals surface area contributed by atoms with E-state index in [0.29, 0.717) is 16.9 Å². The van der Waals surface area contributed by atoms with Gasteiger partial charge in [-0.15, -0.1) is 0 Å². The van der Waals surface area contributed by atoms with Crippen molar-refractivity contribution in [2.75, 3.05) is 0 Å². The molecule has 3 nitrogen and oxygen atoms in total. The predicted molar refractivity (Wildman–Crippen MR) is 72.4 cm³/mol. The molecule has 0 saturated heterocycles. The lowest BCUT2D eigenvalue weighted by atomic mass is 10.1. The second-order valence-electron chi connectivity index (χ2n) is 3.51. The first-order valence-electron chi connectivity index (χ1n) is 5.11. The van der Waals surface area contributed by atoms with E-state index in [2.05, 4.69) is 27.6 Å². The van der Waals surface area contributed by atoms with Gasteiger partial charge in [-0.05, 0) is 40.8 Å². The van der Waals surface area contributed by atoms with Crippen LogP contribution >= 0.6 is 22.6 Å². The van der Waals surface area contributed by atoms with Crippen molar-refractivity contribution in [2.24, 2.45) is 0 Å². The summed E-state index contributed by atoms with van der Waals surface area (Å²) in [7, 11) is 0. The molecule has 0 unspecified atom stereocenters. The summed E-state index contributed by atoms with van der Waals surface area (Å²) in [5.41, 5.74) is 0.719. The minimum absolute atomic E-state index is 0.123. The molecule has 1 aromatic carbocycles. The van der Waals surface area contributed by atoms with Crippen LogP contribution < -0.4 is 4.74 Å². The van der Waals surface area contributed by atoms with E-state index in [9.17, 15) is 4.39 Å². The van der Waals surface area contributed by atoms with Crippen molar-refractivity contribution in [3.63, 3.8) is 0 Å². The predicted octanol–water partition coefficient (Wildman–Crippen LogP) is 3.28. The van der Waals surface area contributed by atoms with Crippen LogP contribution in [0.1, 0.15) is 11.1 Å². The van der Waals surface area contributed by atoms with E-state index < -0.39 is 5.82 Å². The normalized spacial score (nSPS) is 9.83. The molecule has 0 aliphatic carbocycles. The lowest BCUT2D eigenvalue weighted by molar-refractivity contribution is 0.297. The van der Waals surface area contributed by atoms with Crippen LogP contribution in [0, 0.1) is 20.7 Å². The van der Waals surface area contributed by atoms with Gasteiger partial charge in [0.05, 0.1) is 15.2 Å². The fourth-order valence-corrected chi connectivity index (χ4v) is 1.87. The Morgan fingerprint density at radius 1 is 1.39 bits per heavy atom. The van der Waals surface area contributed by atoms with Gasteiger partial charge in [-0.2, -0.15) is 5.26 Å². The van der Waals surface area contributed by atoms with Gasteiger partial charge in [0, 0.05) is 18.0 Å². The molecule has 0 radical (unpaired) electrons. The van der Waals surface area contributed by atoms with E-state index in [1.54, 1.807) is 30.6 Å². The molecule has 0 saturated carbocycles. The summed E-state index contributed by atoms with van der Waals surface area (Å²) < 4.78 is 20.0. The minimum Gasteiger partial charge on any atom is -0.488 e. The topological polar surface area (TPSA) is 45.9 Å². The Morgan fingerprint density at radius 3 is 2.89 bits per heavy atom. The Hall–Kier alpha value is -1.68. The summed E-state index contributed by atoms with van der Waals surface area (Å²) in [6.07, 6.45) is 3.29. The largest absolute Gasteiger partial charge is 0.488 e. The van der Waals surface area contributed by atoms with Crippen LogP contribution in [0.4, 0.5) is 4.39 Å². The highest BCUT2D eigenvalue weighted by Crippen LogP contribution is 2.20. The van der Waals surface area contributed by atoms with E-state index in [4.69, 9.17) is 10.00 Å². The first-order chi connectivity index (χ1) is 8.70. The van der Waals surface area contributed by atoms with E-state index in [1.165, 1.54) is 6.07 Å². The highest BCUT2D eigenvalue weighted by molar-refractivity contribution is 14.1. The maximum Gasteiger partial charge on any atom is 0.136 e. The van der Waals surface area contributed by atoms with Gasteiger partial charge in [0.25, 0.3) is 0 Å². The molecule has 5 heteroatoms. The van der Waals surface area contributed by atoms with Crippen LogP contribution in [0.15, 0.2) is 36.7 Å². The van der Waals surface area contributed by atoms with Crippen LogP contribution in [-0.2, 0) is 6.61 Å². The molecule has 0 spiro atoms. The lowest BCUT2D eigenvalue weighted by Crippen LogP contribution is -2.00. The van der Waals surface area contributed by atoms with Crippen LogP contribution in [0.2, 0.25) is 0 Å². The van der Waals surface area contributed by atoms with Gasteiger partial charge in [0.15, 0.2) is 0 Å². The van der Waals surface area contributed by atoms with Gasteiger partial charge in [0.2, 0.25) is 0 Å². The van der Waals surface area contributed by atoms with E-state index in [-0.39, 0.29) is 6.61 Å².